The Kier molecular flexibility index (Phi) is 7.55. The van der Waals surface area contributed by atoms with Crippen LogP contribution in [0.3, 0.4) is 0 Å². The third kappa shape index (κ3) is 9.87. The standard InChI is InChI=1S/C10H17N3O5S/c1-3-7-13(8-9(14)15)10(16)11-5-4-6-12-19(2,17)18/h1,12H,4-8H2,2H3,(H,11,16)(H,14,15). The van der Waals surface area contributed by atoms with Gasteiger partial charge in [0, 0.05) is 13.1 Å². The second kappa shape index (κ2) is 8.34. The Morgan fingerprint density at radius 1 is 1.37 bits per heavy atom. The van der Waals surface area contributed by atoms with Crippen molar-refractivity contribution in [2.75, 3.05) is 32.4 Å². The number of carboxylic acids is 1. The van der Waals surface area contributed by atoms with Gasteiger partial charge in [0.1, 0.15) is 6.54 Å². The molecule has 3 N–H and O–H groups in total. The number of hydrogen-bond donors (Lipinski definition) is 3. The van der Waals surface area contributed by atoms with Crippen LogP contribution in [0, 0.1) is 12.3 Å². The molecular formula is C10H17N3O5S. The van der Waals surface area contributed by atoms with Gasteiger partial charge in [0.15, 0.2) is 0 Å². The molecule has 0 aliphatic carbocycles. The fourth-order valence-electron chi connectivity index (χ4n) is 1.13. The highest BCUT2D eigenvalue weighted by molar-refractivity contribution is 7.88. The summed E-state index contributed by atoms with van der Waals surface area (Å²) in [6.07, 6.45) is 6.45. The molecule has 2 amide bonds. The molecule has 0 fully saturated rings. The van der Waals surface area contributed by atoms with E-state index in [4.69, 9.17) is 11.5 Å². The molecule has 0 spiro atoms. The van der Waals surface area contributed by atoms with Crippen LogP contribution < -0.4 is 10.0 Å². The first-order valence-corrected chi connectivity index (χ1v) is 7.28. The third-order valence-electron chi connectivity index (χ3n) is 1.89. The summed E-state index contributed by atoms with van der Waals surface area (Å²) in [4.78, 5) is 23.0. The number of nitrogens with one attached hydrogen (secondary N) is 2. The lowest BCUT2D eigenvalue weighted by atomic mass is 10.4. The SMILES string of the molecule is C#CCN(CC(=O)O)C(=O)NCCCNS(C)(=O)=O. The van der Waals surface area contributed by atoms with Crippen LogP contribution in [0.1, 0.15) is 6.42 Å². The van der Waals surface area contributed by atoms with Gasteiger partial charge >= 0.3 is 12.0 Å². The number of aliphatic carboxylic acids is 1. The first-order valence-electron chi connectivity index (χ1n) is 5.39. The van der Waals surface area contributed by atoms with Crippen LogP contribution in [0.4, 0.5) is 4.79 Å². The fourth-order valence-corrected chi connectivity index (χ4v) is 1.64. The van der Waals surface area contributed by atoms with Gasteiger partial charge in [-0.3, -0.25) is 4.79 Å². The molecule has 19 heavy (non-hydrogen) atoms. The normalized spacial score (nSPS) is 10.5. The van der Waals surface area contributed by atoms with Gasteiger partial charge in [0.05, 0.1) is 12.8 Å². The van der Waals surface area contributed by atoms with Crippen molar-refractivity contribution in [2.45, 2.75) is 6.42 Å². The van der Waals surface area contributed by atoms with Crippen LogP contribution in [0.5, 0.6) is 0 Å². The lowest BCUT2D eigenvalue weighted by Gasteiger charge is -2.18. The number of carboxylic acid groups (broad SMARTS) is 1. The summed E-state index contributed by atoms with van der Waals surface area (Å²) in [7, 11) is -3.24. The number of carbonyl (C=O) groups is 2. The van der Waals surface area contributed by atoms with Crippen molar-refractivity contribution in [1.29, 1.82) is 0 Å². The quantitative estimate of drug-likeness (QED) is 0.378. The van der Waals surface area contributed by atoms with Gasteiger partial charge in [-0.15, -0.1) is 6.42 Å². The Balaban J connectivity index is 4.00. The number of carbonyl (C=O) groups excluding carboxylic acids is 1. The minimum Gasteiger partial charge on any atom is -0.480 e. The molecule has 0 aliphatic heterocycles. The monoisotopic (exact) mass is 291 g/mol. The molecule has 9 heteroatoms. The lowest BCUT2D eigenvalue weighted by molar-refractivity contribution is -0.137. The van der Waals surface area contributed by atoms with Crippen LogP contribution in [0.15, 0.2) is 0 Å². The Labute approximate surface area is 112 Å². The minimum absolute atomic E-state index is 0.111. The van der Waals surface area contributed by atoms with Crippen LogP contribution in [0.2, 0.25) is 0 Å². The smallest absolute Gasteiger partial charge is 0.323 e. The number of terminal acetylenes is 1. The largest absolute Gasteiger partial charge is 0.480 e. The van der Waals surface area contributed by atoms with E-state index in [9.17, 15) is 18.0 Å². The minimum atomic E-state index is -3.24. The average Bonchev–Trinajstić information content (AvgIpc) is 2.25. The zero-order chi connectivity index (χ0) is 14.9. The summed E-state index contributed by atoms with van der Waals surface area (Å²) in [6, 6.07) is -0.597. The molecule has 8 nitrogen and oxygen atoms in total. The molecule has 0 bridgehead atoms. The van der Waals surface area contributed by atoms with E-state index in [-0.39, 0.29) is 19.6 Å². The number of amides is 2. The molecule has 0 saturated carbocycles. The van der Waals surface area contributed by atoms with E-state index in [1.807, 2.05) is 0 Å². The molecule has 0 saturated heterocycles. The molecule has 108 valence electrons. The molecule has 0 radical (unpaired) electrons. The van der Waals surface area contributed by atoms with Gasteiger partial charge in [-0.25, -0.2) is 17.9 Å². The zero-order valence-electron chi connectivity index (χ0n) is 10.5. The molecule has 0 unspecified atom stereocenters. The summed E-state index contributed by atoms with van der Waals surface area (Å²) in [5.41, 5.74) is 0. The number of rotatable bonds is 8. The van der Waals surface area contributed by atoms with Crippen molar-refractivity contribution in [1.82, 2.24) is 14.9 Å². The molecule has 0 aromatic rings. The first kappa shape index (κ1) is 17.2. The Bertz CT molecular complexity index is 454. The number of hydrogen-bond acceptors (Lipinski definition) is 4. The zero-order valence-corrected chi connectivity index (χ0v) is 11.4. The topological polar surface area (TPSA) is 116 Å². The summed E-state index contributed by atoms with van der Waals surface area (Å²) >= 11 is 0. The highest BCUT2D eigenvalue weighted by atomic mass is 32.2. The average molecular weight is 291 g/mol. The molecule has 0 aromatic carbocycles. The number of sulfonamides is 1. The van der Waals surface area contributed by atoms with Crippen molar-refractivity contribution in [3.05, 3.63) is 0 Å². The Morgan fingerprint density at radius 3 is 2.47 bits per heavy atom. The fraction of sp³-hybridized carbons (Fsp3) is 0.600. The summed E-state index contributed by atoms with van der Waals surface area (Å²) < 4.78 is 23.8. The van der Waals surface area contributed by atoms with E-state index in [0.717, 1.165) is 11.2 Å². The van der Waals surface area contributed by atoms with Crippen LogP contribution in [-0.2, 0) is 14.8 Å². The molecular weight excluding hydrogens is 274 g/mol. The predicted octanol–water partition coefficient (Wildman–Crippen LogP) is -1.34. The maximum atomic E-state index is 11.5. The van der Waals surface area contributed by atoms with Gasteiger partial charge in [-0.2, -0.15) is 0 Å². The van der Waals surface area contributed by atoms with Crippen molar-refractivity contribution in [2.24, 2.45) is 0 Å². The van der Waals surface area contributed by atoms with Crippen LogP contribution >= 0.6 is 0 Å². The van der Waals surface area contributed by atoms with Crippen molar-refractivity contribution in [3.8, 4) is 12.3 Å². The van der Waals surface area contributed by atoms with Gasteiger partial charge in [0.2, 0.25) is 10.0 Å². The van der Waals surface area contributed by atoms with Crippen LogP contribution in [-0.4, -0.2) is 62.9 Å². The van der Waals surface area contributed by atoms with Crippen LogP contribution in [0.25, 0.3) is 0 Å². The second-order valence-electron chi connectivity index (χ2n) is 3.71. The van der Waals surface area contributed by atoms with E-state index in [0.29, 0.717) is 6.42 Å². The Morgan fingerprint density at radius 2 is 2.00 bits per heavy atom. The molecule has 0 atom stereocenters. The summed E-state index contributed by atoms with van der Waals surface area (Å²) in [5, 5.41) is 11.0. The van der Waals surface area contributed by atoms with E-state index < -0.39 is 28.6 Å². The maximum Gasteiger partial charge on any atom is 0.323 e. The van der Waals surface area contributed by atoms with Gasteiger partial charge in [-0.05, 0) is 6.42 Å². The number of urea groups is 1. The lowest BCUT2D eigenvalue weighted by Crippen LogP contribution is -2.43. The van der Waals surface area contributed by atoms with E-state index >= 15 is 0 Å². The van der Waals surface area contributed by atoms with Crippen molar-refractivity contribution in [3.63, 3.8) is 0 Å². The predicted molar refractivity (Wildman–Crippen MR) is 68.9 cm³/mol. The van der Waals surface area contributed by atoms with E-state index in [1.54, 1.807) is 0 Å². The van der Waals surface area contributed by atoms with E-state index in [2.05, 4.69) is 16.0 Å². The Hall–Kier alpha value is -1.79. The second-order valence-corrected chi connectivity index (χ2v) is 5.54. The highest BCUT2D eigenvalue weighted by Crippen LogP contribution is 1.89. The molecule has 0 rings (SSSR count). The maximum absolute atomic E-state index is 11.5. The van der Waals surface area contributed by atoms with Gasteiger partial charge in [-0.1, -0.05) is 5.92 Å². The van der Waals surface area contributed by atoms with Gasteiger partial charge in [0.25, 0.3) is 0 Å². The third-order valence-corrected chi connectivity index (χ3v) is 2.62. The van der Waals surface area contributed by atoms with Crippen molar-refractivity contribution < 1.29 is 23.1 Å². The van der Waals surface area contributed by atoms with Crippen molar-refractivity contribution >= 4 is 22.0 Å². The number of nitrogens with zero attached hydrogens (tertiary/aromatic N) is 1. The first-order chi connectivity index (χ1) is 8.76. The highest BCUT2D eigenvalue weighted by Gasteiger charge is 2.14. The molecule has 0 heterocycles. The molecule has 0 aromatic heterocycles. The van der Waals surface area contributed by atoms with E-state index in [1.165, 1.54) is 0 Å². The molecule has 0 aliphatic rings. The summed E-state index contributed by atoms with van der Waals surface area (Å²) in [6.45, 7) is -0.202. The summed E-state index contributed by atoms with van der Waals surface area (Å²) in [5.74, 6) is 1.02. The van der Waals surface area contributed by atoms with Gasteiger partial charge < -0.3 is 15.3 Å².